The topological polar surface area (TPSA) is 53.7 Å². The fourth-order valence-electron chi connectivity index (χ4n) is 1.67. The van der Waals surface area contributed by atoms with Gasteiger partial charge in [0.1, 0.15) is 5.75 Å². The van der Waals surface area contributed by atoms with Crippen LogP contribution in [0.1, 0.15) is 19.4 Å². The lowest BCUT2D eigenvalue weighted by molar-refractivity contribution is 0.337. The lowest BCUT2D eigenvalue weighted by atomic mass is 9.93. The molecule has 0 radical (unpaired) electrons. The van der Waals surface area contributed by atoms with Crippen molar-refractivity contribution in [3.63, 3.8) is 0 Å². The summed E-state index contributed by atoms with van der Waals surface area (Å²) >= 11 is 6.27. The summed E-state index contributed by atoms with van der Waals surface area (Å²) < 4.78 is 15.8. The summed E-state index contributed by atoms with van der Waals surface area (Å²) in [6, 6.07) is 1.68. The Bertz CT molecular complexity index is 413. The van der Waals surface area contributed by atoms with Crippen molar-refractivity contribution < 1.29 is 14.2 Å². The lowest BCUT2D eigenvalue weighted by Gasteiger charge is -2.25. The van der Waals surface area contributed by atoms with Gasteiger partial charge in [-0.15, -0.1) is 0 Å². The van der Waals surface area contributed by atoms with E-state index in [9.17, 15) is 0 Å². The fraction of sp³-hybridized carbons (Fsp3) is 0.500. The number of rotatable bonds is 4. The maximum absolute atomic E-state index is 6.27. The molecule has 1 rings (SSSR count). The molecule has 1 aromatic rings. The summed E-state index contributed by atoms with van der Waals surface area (Å²) in [5.41, 5.74) is 6.11. The van der Waals surface area contributed by atoms with Crippen LogP contribution in [-0.2, 0) is 5.54 Å². The van der Waals surface area contributed by atoms with Crippen molar-refractivity contribution in [3.8, 4) is 17.2 Å². The number of methoxy groups -OCH3 is 3. The monoisotopic (exact) mass is 259 g/mol. The molecule has 96 valence electrons. The summed E-state index contributed by atoms with van der Waals surface area (Å²) in [7, 11) is 4.65. The molecule has 0 amide bonds. The first-order valence-corrected chi connectivity index (χ1v) is 5.52. The third-order valence-electron chi connectivity index (χ3n) is 2.44. The second kappa shape index (κ2) is 5.02. The van der Waals surface area contributed by atoms with Crippen molar-refractivity contribution in [3.05, 3.63) is 16.7 Å². The average molecular weight is 260 g/mol. The van der Waals surface area contributed by atoms with E-state index in [0.29, 0.717) is 27.8 Å². The molecule has 0 bridgehead atoms. The van der Waals surface area contributed by atoms with E-state index in [1.165, 1.54) is 0 Å². The Morgan fingerprint density at radius 1 is 1.06 bits per heavy atom. The first kappa shape index (κ1) is 13.9. The first-order chi connectivity index (χ1) is 7.86. The highest BCUT2D eigenvalue weighted by atomic mass is 35.5. The van der Waals surface area contributed by atoms with Gasteiger partial charge in [-0.25, -0.2) is 0 Å². The van der Waals surface area contributed by atoms with E-state index in [0.717, 1.165) is 0 Å². The third kappa shape index (κ3) is 2.58. The number of ether oxygens (including phenoxy) is 3. The van der Waals surface area contributed by atoms with Gasteiger partial charge in [0, 0.05) is 17.2 Å². The van der Waals surface area contributed by atoms with Gasteiger partial charge in [-0.2, -0.15) is 0 Å². The first-order valence-electron chi connectivity index (χ1n) is 5.14. The van der Waals surface area contributed by atoms with E-state index < -0.39 is 5.54 Å². The molecule has 0 saturated heterocycles. The zero-order chi connectivity index (χ0) is 13.2. The van der Waals surface area contributed by atoms with E-state index in [-0.39, 0.29) is 0 Å². The molecule has 4 nitrogen and oxygen atoms in total. The molecular weight excluding hydrogens is 242 g/mol. The molecule has 0 aliphatic carbocycles. The molecule has 17 heavy (non-hydrogen) atoms. The van der Waals surface area contributed by atoms with Crippen LogP contribution in [0, 0.1) is 0 Å². The highest BCUT2D eigenvalue weighted by molar-refractivity contribution is 6.33. The van der Waals surface area contributed by atoms with E-state index in [4.69, 9.17) is 31.5 Å². The standard InChI is InChI=1S/C12H18ClNO3/c1-12(2,14)9-10(13)7(15-3)6-8(16-4)11(9)17-5/h6H,14H2,1-5H3. The summed E-state index contributed by atoms with van der Waals surface area (Å²) in [6.45, 7) is 3.69. The van der Waals surface area contributed by atoms with Crippen LogP contribution < -0.4 is 19.9 Å². The molecule has 0 fully saturated rings. The SMILES string of the molecule is COc1cc(OC)c(OC)c(C(C)(C)N)c1Cl. The number of nitrogens with two attached hydrogens (primary N) is 1. The molecule has 0 aromatic heterocycles. The van der Waals surface area contributed by atoms with Crippen LogP contribution in [0.15, 0.2) is 6.07 Å². The Morgan fingerprint density at radius 3 is 1.94 bits per heavy atom. The number of benzene rings is 1. The Kier molecular flexibility index (Phi) is 4.11. The minimum absolute atomic E-state index is 0.442. The van der Waals surface area contributed by atoms with Crippen LogP contribution in [0.3, 0.4) is 0 Å². The Labute approximate surface area is 107 Å². The second-order valence-electron chi connectivity index (χ2n) is 4.23. The summed E-state index contributed by atoms with van der Waals surface area (Å²) in [6.07, 6.45) is 0. The van der Waals surface area contributed by atoms with Gasteiger partial charge in [0.2, 0.25) is 0 Å². The van der Waals surface area contributed by atoms with Gasteiger partial charge >= 0.3 is 0 Å². The van der Waals surface area contributed by atoms with Crippen molar-refractivity contribution in [2.45, 2.75) is 19.4 Å². The van der Waals surface area contributed by atoms with Gasteiger partial charge in [-0.05, 0) is 13.8 Å². The van der Waals surface area contributed by atoms with Crippen molar-refractivity contribution in [1.82, 2.24) is 0 Å². The van der Waals surface area contributed by atoms with E-state index in [1.807, 2.05) is 13.8 Å². The molecule has 0 saturated carbocycles. The Hall–Kier alpha value is -1.13. The highest BCUT2D eigenvalue weighted by Gasteiger charge is 2.28. The molecule has 0 unspecified atom stereocenters. The Balaban J connectivity index is 3.62. The maximum Gasteiger partial charge on any atom is 0.167 e. The zero-order valence-electron chi connectivity index (χ0n) is 10.8. The van der Waals surface area contributed by atoms with Crippen LogP contribution in [-0.4, -0.2) is 21.3 Å². The predicted molar refractivity (Wildman–Crippen MR) is 68.3 cm³/mol. The lowest BCUT2D eigenvalue weighted by Crippen LogP contribution is -2.30. The number of halogens is 1. The predicted octanol–water partition coefficient (Wildman–Crippen LogP) is 2.56. The van der Waals surface area contributed by atoms with E-state index in [2.05, 4.69) is 0 Å². The van der Waals surface area contributed by atoms with Crippen molar-refractivity contribution >= 4 is 11.6 Å². The quantitative estimate of drug-likeness (QED) is 0.903. The molecule has 0 heterocycles. The maximum atomic E-state index is 6.27. The van der Waals surface area contributed by atoms with Crippen LogP contribution in [0.2, 0.25) is 5.02 Å². The normalized spacial score (nSPS) is 11.2. The van der Waals surface area contributed by atoms with Crippen molar-refractivity contribution in [1.29, 1.82) is 0 Å². The molecule has 5 heteroatoms. The molecule has 0 atom stereocenters. The Morgan fingerprint density at radius 2 is 1.59 bits per heavy atom. The summed E-state index contributed by atoms with van der Waals surface area (Å²) in [5, 5.41) is 0.442. The van der Waals surface area contributed by atoms with Gasteiger partial charge < -0.3 is 19.9 Å². The summed E-state index contributed by atoms with van der Waals surface area (Å²) in [4.78, 5) is 0. The number of hydrogen-bond donors (Lipinski definition) is 1. The summed E-state index contributed by atoms with van der Waals surface area (Å²) in [5.74, 6) is 1.59. The van der Waals surface area contributed by atoms with E-state index in [1.54, 1.807) is 27.4 Å². The van der Waals surface area contributed by atoms with Gasteiger partial charge in [-0.1, -0.05) is 11.6 Å². The van der Waals surface area contributed by atoms with Gasteiger partial charge in [0.15, 0.2) is 11.5 Å². The van der Waals surface area contributed by atoms with Crippen molar-refractivity contribution in [2.75, 3.05) is 21.3 Å². The minimum atomic E-state index is -0.662. The molecule has 0 aliphatic heterocycles. The van der Waals surface area contributed by atoms with Crippen LogP contribution in [0.4, 0.5) is 0 Å². The van der Waals surface area contributed by atoms with Crippen molar-refractivity contribution in [2.24, 2.45) is 5.73 Å². The van der Waals surface area contributed by atoms with E-state index >= 15 is 0 Å². The van der Waals surface area contributed by atoms with Crippen LogP contribution in [0.5, 0.6) is 17.2 Å². The van der Waals surface area contributed by atoms with Gasteiger partial charge in [0.05, 0.1) is 26.4 Å². The number of hydrogen-bond acceptors (Lipinski definition) is 4. The average Bonchev–Trinajstić information content (AvgIpc) is 2.26. The second-order valence-corrected chi connectivity index (χ2v) is 4.60. The smallest absolute Gasteiger partial charge is 0.167 e. The highest BCUT2D eigenvalue weighted by Crippen LogP contribution is 2.46. The molecule has 0 aliphatic rings. The molecule has 1 aromatic carbocycles. The molecule has 2 N–H and O–H groups in total. The minimum Gasteiger partial charge on any atom is -0.495 e. The largest absolute Gasteiger partial charge is 0.495 e. The molecular formula is C12H18ClNO3. The fourth-order valence-corrected chi connectivity index (χ4v) is 2.13. The zero-order valence-corrected chi connectivity index (χ0v) is 11.5. The third-order valence-corrected chi connectivity index (χ3v) is 2.81. The van der Waals surface area contributed by atoms with Gasteiger partial charge in [0.25, 0.3) is 0 Å². The van der Waals surface area contributed by atoms with Crippen LogP contribution >= 0.6 is 11.6 Å². The molecule has 0 spiro atoms. The van der Waals surface area contributed by atoms with Crippen LogP contribution in [0.25, 0.3) is 0 Å². The van der Waals surface area contributed by atoms with Gasteiger partial charge in [-0.3, -0.25) is 0 Å².